The van der Waals surface area contributed by atoms with Crippen molar-refractivity contribution in [1.29, 1.82) is 0 Å². The van der Waals surface area contributed by atoms with Crippen molar-refractivity contribution in [2.24, 2.45) is 0 Å². The molecule has 10 heavy (non-hydrogen) atoms. The monoisotopic (exact) mass is 162 g/mol. The van der Waals surface area contributed by atoms with E-state index in [-0.39, 0.29) is 0 Å². The minimum Gasteiger partial charge on any atom is -0.358 e. The third kappa shape index (κ3) is 4.74. The van der Waals surface area contributed by atoms with E-state index in [2.05, 4.69) is 18.6 Å². The maximum atomic E-state index is 10.3. The van der Waals surface area contributed by atoms with E-state index in [1.165, 1.54) is 0 Å². The Morgan fingerprint density at radius 3 is 1.90 bits per heavy atom. The van der Waals surface area contributed by atoms with E-state index >= 15 is 0 Å². The van der Waals surface area contributed by atoms with E-state index < -0.39 is 8.25 Å². The van der Waals surface area contributed by atoms with Gasteiger partial charge in [0.1, 0.15) is 0 Å². The molecule has 0 aliphatic carbocycles. The van der Waals surface area contributed by atoms with Crippen LogP contribution in [0.15, 0.2) is 0 Å². The first-order valence-electron chi connectivity index (χ1n) is 2.00. The first kappa shape index (κ1) is 8.59. The van der Waals surface area contributed by atoms with Crippen LogP contribution in [0.5, 0.6) is 0 Å². The van der Waals surface area contributed by atoms with Crippen molar-refractivity contribution >= 4 is 21.1 Å². The molecule has 0 atom stereocenters. The molecule has 0 N–H and O–H groups in total. The topological polar surface area (TPSA) is 108 Å². The van der Waals surface area contributed by atoms with E-state index in [1.54, 1.807) is 0 Å². The van der Waals surface area contributed by atoms with Gasteiger partial charge in [0.25, 0.3) is 0 Å². The molecule has 0 spiro atoms. The summed E-state index contributed by atoms with van der Waals surface area (Å²) in [5.74, 6) is 0. The van der Waals surface area contributed by atoms with Crippen molar-refractivity contribution in [1.82, 2.24) is 0 Å². The number of nitrogens with zero attached hydrogens (tertiary/aromatic N) is 4. The maximum Gasteiger partial charge on any atom is 0.445 e. The summed E-state index contributed by atoms with van der Waals surface area (Å²) in [4.78, 5) is 4.75. The summed E-state index contributed by atoms with van der Waals surface area (Å²) in [6.45, 7) is 0. The van der Waals surface area contributed by atoms with Crippen LogP contribution >= 0.6 is 8.25 Å². The summed E-state index contributed by atoms with van der Waals surface area (Å²) in [6.07, 6.45) is 1.07. The summed E-state index contributed by atoms with van der Waals surface area (Å²) >= 11 is 0. The summed E-state index contributed by atoms with van der Waals surface area (Å²) in [7, 11) is -2.78. The summed E-state index contributed by atoms with van der Waals surface area (Å²) < 4.78 is 18.4. The Bertz CT molecular complexity index is 193. The van der Waals surface area contributed by atoms with E-state index in [0.717, 1.165) is 0 Å². The van der Waals surface area contributed by atoms with Crippen LogP contribution in [0.1, 0.15) is 0 Å². The van der Waals surface area contributed by atoms with E-state index in [1.807, 2.05) is 0 Å². The Hall–Kier alpha value is -1.41. The lowest BCUT2D eigenvalue weighted by Crippen LogP contribution is -1.80. The lowest BCUT2D eigenvalue weighted by molar-refractivity contribution is -0.0197. The van der Waals surface area contributed by atoms with Gasteiger partial charge < -0.3 is 20.1 Å². The Morgan fingerprint density at radius 2 is 1.60 bits per heavy atom. The summed E-state index contributed by atoms with van der Waals surface area (Å²) in [6, 6.07) is 0. The molecule has 0 amide bonds. The van der Waals surface area contributed by atoms with Crippen molar-refractivity contribution in [2.75, 3.05) is 0 Å². The van der Waals surface area contributed by atoms with Gasteiger partial charge in [0.05, 0.1) is 0 Å². The third-order valence-corrected chi connectivity index (χ3v) is 0.988. The van der Waals surface area contributed by atoms with Crippen molar-refractivity contribution in [3.8, 4) is 0 Å². The van der Waals surface area contributed by atoms with Gasteiger partial charge in [-0.1, -0.05) is 0 Å². The van der Waals surface area contributed by atoms with E-state index in [0.29, 0.717) is 12.8 Å². The zero-order valence-electron chi connectivity index (χ0n) is 4.67. The smallest absolute Gasteiger partial charge is 0.358 e. The predicted molar refractivity (Wildman–Crippen MR) is 30.5 cm³/mol. The molecule has 0 aromatic rings. The average molecular weight is 162 g/mol. The van der Waals surface area contributed by atoms with Crippen LogP contribution < -0.4 is 0 Å². The highest BCUT2D eigenvalue weighted by Gasteiger charge is 1.97. The van der Waals surface area contributed by atoms with Gasteiger partial charge in [-0.3, -0.25) is 0 Å². The highest BCUT2D eigenvalue weighted by molar-refractivity contribution is 7.34. The maximum absolute atomic E-state index is 10.3. The van der Waals surface area contributed by atoms with Crippen LogP contribution in [0.4, 0.5) is 0 Å². The Kier molecular flexibility index (Phi) is 4.91. The standard InChI is InChI=1S/C2H3N4O3P/c3-5-1-8-10(7)9-2-6-4/h1-2,10H. The van der Waals surface area contributed by atoms with Crippen LogP contribution in [0.3, 0.4) is 0 Å². The van der Waals surface area contributed by atoms with Crippen LogP contribution in [0.2, 0.25) is 0 Å². The molecular weight excluding hydrogens is 159 g/mol. The zero-order valence-corrected chi connectivity index (χ0v) is 5.67. The number of hydrogen-bond acceptors (Lipinski definition) is 3. The van der Waals surface area contributed by atoms with Gasteiger partial charge in [0, 0.05) is 0 Å². The molecule has 0 unspecified atom stereocenters. The minimum absolute atomic E-state index is 0.534. The van der Waals surface area contributed by atoms with Crippen molar-refractivity contribution < 1.29 is 23.2 Å². The second-order valence-electron chi connectivity index (χ2n) is 0.927. The highest BCUT2D eigenvalue weighted by atomic mass is 31.1. The molecule has 0 fully saturated rings. The van der Waals surface area contributed by atoms with Gasteiger partial charge in [-0.05, 0) is 0 Å². The third-order valence-electron chi connectivity index (χ3n) is 0.392. The molecule has 8 heteroatoms. The Morgan fingerprint density at radius 1 is 1.20 bits per heavy atom. The van der Waals surface area contributed by atoms with Crippen LogP contribution in [-0.2, 0) is 13.6 Å². The molecule has 0 bridgehead atoms. The lowest BCUT2D eigenvalue weighted by atomic mass is 11.6. The van der Waals surface area contributed by atoms with E-state index in [4.69, 9.17) is 11.1 Å². The van der Waals surface area contributed by atoms with Crippen LogP contribution in [-0.4, -0.2) is 22.4 Å². The Labute approximate surface area is 56.4 Å². The molecule has 0 heterocycles. The van der Waals surface area contributed by atoms with Gasteiger partial charge in [0.2, 0.25) is 0 Å². The van der Waals surface area contributed by atoms with Gasteiger partial charge in [0.15, 0.2) is 0 Å². The fraction of sp³-hybridized carbons (Fsp3) is 0. The highest BCUT2D eigenvalue weighted by Crippen LogP contribution is 2.19. The van der Waals surface area contributed by atoms with Gasteiger partial charge in [-0.15, -0.1) is 9.58 Å². The molecule has 0 rings (SSSR count). The van der Waals surface area contributed by atoms with Gasteiger partial charge >= 0.3 is 21.1 Å². The quantitative estimate of drug-likeness (QED) is 0.189. The zero-order chi connectivity index (χ0) is 7.82. The van der Waals surface area contributed by atoms with Crippen molar-refractivity contribution in [3.05, 3.63) is 11.1 Å². The molecule has 7 nitrogen and oxygen atoms in total. The molecular formula is C2H3N4O3P. The van der Waals surface area contributed by atoms with Crippen LogP contribution in [0, 0.1) is 0 Å². The second kappa shape index (κ2) is 5.72. The summed E-state index contributed by atoms with van der Waals surface area (Å²) in [5.41, 5.74) is 15.4. The van der Waals surface area contributed by atoms with Gasteiger partial charge in [-0.2, -0.15) is 0 Å². The molecule has 0 aromatic heterocycles. The lowest BCUT2D eigenvalue weighted by Gasteiger charge is -1.87. The molecule has 0 saturated heterocycles. The SMILES string of the molecule is [N-]=[N+]=CO[PH](=O)OC=[N+]=[N-]. The van der Waals surface area contributed by atoms with Crippen molar-refractivity contribution in [2.45, 2.75) is 0 Å². The Balaban J connectivity index is 3.63. The molecule has 0 aliphatic rings. The molecule has 0 aliphatic heterocycles. The first-order chi connectivity index (χ1) is 4.81. The summed E-state index contributed by atoms with van der Waals surface area (Å²) in [5, 5.41) is 0. The average Bonchev–Trinajstić information content (AvgIpc) is 1.97. The molecule has 0 radical (unpaired) electrons. The number of rotatable bonds is 4. The molecule has 0 aromatic carbocycles. The molecule has 54 valence electrons. The van der Waals surface area contributed by atoms with Gasteiger partial charge in [-0.25, -0.2) is 4.57 Å². The largest absolute Gasteiger partial charge is 0.445 e. The normalized spacial score (nSPS) is 10.0. The fourth-order valence-corrected chi connectivity index (χ4v) is 0.483. The van der Waals surface area contributed by atoms with E-state index in [9.17, 15) is 4.57 Å². The predicted octanol–water partition coefficient (Wildman–Crippen LogP) is -0.0745. The van der Waals surface area contributed by atoms with Crippen LogP contribution in [0.25, 0.3) is 11.1 Å². The number of hydrogen-bond donors (Lipinski definition) is 0. The minimum atomic E-state index is -2.78. The van der Waals surface area contributed by atoms with Crippen molar-refractivity contribution in [3.63, 3.8) is 0 Å². The first-order valence-corrected chi connectivity index (χ1v) is 3.22. The molecule has 0 saturated carbocycles. The fourth-order valence-electron chi connectivity index (χ4n) is 0.161. The second-order valence-corrected chi connectivity index (χ2v) is 1.90.